The van der Waals surface area contributed by atoms with Gasteiger partial charge in [0.25, 0.3) is 0 Å². The van der Waals surface area contributed by atoms with Gasteiger partial charge in [0, 0.05) is 17.5 Å². The van der Waals surface area contributed by atoms with Crippen LogP contribution in [0.4, 0.5) is 10.6 Å². The van der Waals surface area contributed by atoms with Gasteiger partial charge in [0.2, 0.25) is 0 Å². The van der Waals surface area contributed by atoms with Gasteiger partial charge in [0.05, 0.1) is 0 Å². The van der Waals surface area contributed by atoms with Crippen molar-refractivity contribution in [2.24, 2.45) is 11.8 Å². The van der Waals surface area contributed by atoms with Crippen molar-refractivity contribution in [3.05, 3.63) is 11.8 Å². The van der Waals surface area contributed by atoms with Crippen molar-refractivity contribution in [2.45, 2.75) is 57.9 Å². The van der Waals surface area contributed by atoms with Gasteiger partial charge in [-0.05, 0) is 37.5 Å². The minimum absolute atomic E-state index is 0.103. The van der Waals surface area contributed by atoms with Crippen molar-refractivity contribution in [3.63, 3.8) is 0 Å². The highest BCUT2D eigenvalue weighted by molar-refractivity contribution is 5.88. The van der Waals surface area contributed by atoms with E-state index in [4.69, 9.17) is 4.52 Å². The van der Waals surface area contributed by atoms with Crippen molar-refractivity contribution in [2.75, 3.05) is 5.32 Å². The molecule has 1 aromatic heterocycles. The Morgan fingerprint density at radius 2 is 1.90 bits per heavy atom. The lowest BCUT2D eigenvalue weighted by molar-refractivity contribution is 0.244. The third-order valence-corrected chi connectivity index (χ3v) is 4.05. The average Bonchev–Trinajstić information content (AvgIpc) is 3.25. The Morgan fingerprint density at radius 1 is 1.30 bits per heavy atom. The maximum atomic E-state index is 12.0. The van der Waals surface area contributed by atoms with E-state index >= 15 is 0 Å². The maximum absolute atomic E-state index is 12.0. The molecule has 5 heteroatoms. The molecule has 110 valence electrons. The number of urea groups is 1. The molecule has 0 unspecified atom stereocenters. The van der Waals surface area contributed by atoms with Gasteiger partial charge >= 0.3 is 6.03 Å². The van der Waals surface area contributed by atoms with Crippen LogP contribution in [-0.4, -0.2) is 17.2 Å². The number of hydrogen-bond donors (Lipinski definition) is 2. The van der Waals surface area contributed by atoms with Gasteiger partial charge in [-0.1, -0.05) is 25.9 Å². The first-order valence-electron chi connectivity index (χ1n) is 7.48. The van der Waals surface area contributed by atoms with Gasteiger partial charge in [0.1, 0.15) is 5.76 Å². The summed E-state index contributed by atoms with van der Waals surface area (Å²) in [4.78, 5) is 12.0. The molecule has 0 aromatic carbocycles. The zero-order chi connectivity index (χ0) is 14.3. The lowest BCUT2D eigenvalue weighted by Crippen LogP contribution is -2.40. The monoisotopic (exact) mass is 277 g/mol. The van der Waals surface area contributed by atoms with Gasteiger partial charge in [-0.2, -0.15) is 0 Å². The summed E-state index contributed by atoms with van der Waals surface area (Å²) in [5, 5.41) is 9.78. The third kappa shape index (κ3) is 3.14. The number of rotatable bonds is 4. The first-order chi connectivity index (χ1) is 9.43. The van der Waals surface area contributed by atoms with Crippen molar-refractivity contribution >= 4 is 11.8 Å². The van der Waals surface area contributed by atoms with Crippen LogP contribution in [-0.2, 0) is 5.41 Å². The molecule has 5 nitrogen and oxygen atoms in total. The maximum Gasteiger partial charge on any atom is 0.320 e. The second-order valence-electron chi connectivity index (χ2n) is 7.13. The Labute approximate surface area is 119 Å². The molecule has 1 heterocycles. The van der Waals surface area contributed by atoms with E-state index in [1.165, 1.54) is 25.7 Å². The number of carbonyl (C=O) groups is 1. The highest BCUT2D eigenvalue weighted by atomic mass is 16.5. The molecular weight excluding hydrogens is 254 g/mol. The van der Waals surface area contributed by atoms with Crippen LogP contribution < -0.4 is 10.6 Å². The quantitative estimate of drug-likeness (QED) is 0.887. The summed E-state index contributed by atoms with van der Waals surface area (Å²) in [5.74, 6) is 2.64. The zero-order valence-electron chi connectivity index (χ0n) is 12.4. The number of amides is 2. The van der Waals surface area contributed by atoms with Crippen molar-refractivity contribution in [1.29, 1.82) is 0 Å². The fourth-order valence-corrected chi connectivity index (χ4v) is 2.52. The van der Waals surface area contributed by atoms with Crippen LogP contribution in [0.5, 0.6) is 0 Å². The summed E-state index contributed by atoms with van der Waals surface area (Å²) in [6, 6.07) is 1.98. The van der Waals surface area contributed by atoms with E-state index < -0.39 is 0 Å². The van der Waals surface area contributed by atoms with Crippen LogP contribution >= 0.6 is 0 Å². The molecule has 2 fully saturated rings. The SMILES string of the molecule is CC(C)(C)c1cc(NC(=O)NC(C2CC2)C2CC2)no1. The fraction of sp³-hybridized carbons (Fsp3) is 0.733. The summed E-state index contributed by atoms with van der Waals surface area (Å²) >= 11 is 0. The predicted octanol–water partition coefficient (Wildman–Crippen LogP) is 3.28. The van der Waals surface area contributed by atoms with E-state index in [1.807, 2.05) is 20.8 Å². The van der Waals surface area contributed by atoms with Crippen LogP contribution in [0.3, 0.4) is 0 Å². The Hall–Kier alpha value is -1.52. The molecule has 0 atom stereocenters. The minimum atomic E-state index is -0.164. The fourth-order valence-electron chi connectivity index (χ4n) is 2.52. The number of nitrogens with one attached hydrogen (secondary N) is 2. The van der Waals surface area contributed by atoms with Crippen molar-refractivity contribution in [3.8, 4) is 0 Å². The van der Waals surface area contributed by atoms with Gasteiger partial charge < -0.3 is 9.84 Å². The molecule has 2 aliphatic carbocycles. The van der Waals surface area contributed by atoms with Crippen LogP contribution in [0.25, 0.3) is 0 Å². The highest BCUT2D eigenvalue weighted by Gasteiger charge is 2.42. The van der Waals surface area contributed by atoms with Crippen LogP contribution in [0.2, 0.25) is 0 Å². The number of carbonyl (C=O) groups excluding carboxylic acids is 1. The average molecular weight is 277 g/mol. The first-order valence-corrected chi connectivity index (χ1v) is 7.48. The van der Waals surface area contributed by atoms with Crippen LogP contribution in [0, 0.1) is 11.8 Å². The number of hydrogen-bond acceptors (Lipinski definition) is 3. The normalized spacial score (nSPS) is 19.2. The molecule has 0 saturated heterocycles. The number of aromatic nitrogens is 1. The molecule has 2 aliphatic rings. The Bertz CT molecular complexity index is 483. The topological polar surface area (TPSA) is 67.2 Å². The molecule has 0 aliphatic heterocycles. The summed E-state index contributed by atoms with van der Waals surface area (Å²) in [5.41, 5.74) is -0.103. The van der Waals surface area contributed by atoms with Gasteiger partial charge in [-0.15, -0.1) is 0 Å². The molecule has 2 amide bonds. The van der Waals surface area contributed by atoms with E-state index in [0.717, 1.165) is 5.76 Å². The molecule has 2 saturated carbocycles. The van der Waals surface area contributed by atoms with E-state index in [-0.39, 0.29) is 11.4 Å². The molecule has 0 spiro atoms. The van der Waals surface area contributed by atoms with Gasteiger partial charge in [-0.3, -0.25) is 5.32 Å². The summed E-state index contributed by atoms with van der Waals surface area (Å²) in [6.07, 6.45) is 5.00. The van der Waals surface area contributed by atoms with Crippen molar-refractivity contribution < 1.29 is 9.32 Å². The highest BCUT2D eigenvalue weighted by Crippen LogP contribution is 2.44. The Kier molecular flexibility index (Phi) is 3.22. The number of anilines is 1. The summed E-state index contributed by atoms with van der Waals surface area (Å²) < 4.78 is 5.26. The standard InChI is InChI=1S/C15H23N3O2/c1-15(2,3)11-8-12(18-20-11)16-14(19)17-13(9-4-5-9)10-6-7-10/h8-10,13H,4-7H2,1-3H3,(H2,16,17,18,19). The predicted molar refractivity (Wildman–Crippen MR) is 76.6 cm³/mol. The Balaban J connectivity index is 1.56. The van der Waals surface area contributed by atoms with E-state index in [9.17, 15) is 4.79 Å². The molecular formula is C15H23N3O2. The van der Waals surface area contributed by atoms with Crippen molar-refractivity contribution in [1.82, 2.24) is 10.5 Å². The Morgan fingerprint density at radius 3 is 2.35 bits per heavy atom. The molecule has 20 heavy (non-hydrogen) atoms. The minimum Gasteiger partial charge on any atom is -0.359 e. The molecule has 0 radical (unpaired) electrons. The van der Waals surface area contributed by atoms with Crippen LogP contribution in [0.1, 0.15) is 52.2 Å². The second kappa shape index (κ2) is 4.79. The van der Waals surface area contributed by atoms with E-state index in [0.29, 0.717) is 23.7 Å². The zero-order valence-corrected chi connectivity index (χ0v) is 12.4. The molecule has 0 bridgehead atoms. The second-order valence-corrected chi connectivity index (χ2v) is 7.13. The largest absolute Gasteiger partial charge is 0.359 e. The molecule has 2 N–H and O–H groups in total. The van der Waals surface area contributed by atoms with E-state index in [1.54, 1.807) is 6.07 Å². The van der Waals surface area contributed by atoms with Crippen LogP contribution in [0.15, 0.2) is 10.6 Å². The third-order valence-electron chi connectivity index (χ3n) is 4.05. The summed E-state index contributed by atoms with van der Waals surface area (Å²) in [7, 11) is 0. The van der Waals surface area contributed by atoms with E-state index in [2.05, 4.69) is 15.8 Å². The van der Waals surface area contributed by atoms with Gasteiger partial charge in [-0.25, -0.2) is 4.79 Å². The first kappa shape index (κ1) is 13.5. The smallest absolute Gasteiger partial charge is 0.320 e. The van der Waals surface area contributed by atoms with Gasteiger partial charge in [0.15, 0.2) is 5.82 Å². The number of nitrogens with zero attached hydrogens (tertiary/aromatic N) is 1. The lowest BCUT2D eigenvalue weighted by atomic mass is 9.93. The lowest BCUT2D eigenvalue weighted by Gasteiger charge is -2.17. The molecule has 3 rings (SSSR count). The molecule has 1 aromatic rings. The summed E-state index contributed by atoms with van der Waals surface area (Å²) in [6.45, 7) is 6.15.